The first-order valence-corrected chi connectivity index (χ1v) is 4.20. The van der Waals surface area contributed by atoms with E-state index in [0.29, 0.717) is 0 Å². The highest BCUT2D eigenvalue weighted by atomic mass is 79.9. The minimum Gasteiger partial charge on any atom is -0.206 e. The maximum Gasteiger partial charge on any atom is 0.416 e. The summed E-state index contributed by atoms with van der Waals surface area (Å²) in [7, 11) is 0. The van der Waals surface area contributed by atoms with Gasteiger partial charge in [-0.05, 0) is 12.2 Å². The summed E-state index contributed by atoms with van der Waals surface area (Å²) in [5.41, 5.74) is -0.822. The number of hydrogen-bond donors (Lipinski definition) is 0. The van der Waals surface area contributed by atoms with Crippen molar-refractivity contribution in [1.29, 1.82) is 0 Å². The molecule has 0 fully saturated rings. The molecule has 72 valence electrons. The summed E-state index contributed by atoms with van der Waals surface area (Å²) in [5.74, 6) is -0.671. The van der Waals surface area contributed by atoms with Crippen LogP contribution in [0.25, 0.3) is 0 Å². The number of alkyl halides is 3. The Labute approximate surface area is 80.7 Å². The van der Waals surface area contributed by atoms with Gasteiger partial charge in [0.05, 0.1) is 5.57 Å². The van der Waals surface area contributed by atoms with Gasteiger partial charge in [-0.2, -0.15) is 13.2 Å². The molecule has 0 radical (unpaired) electrons. The molecule has 0 bridgehead atoms. The second-order valence-corrected chi connectivity index (χ2v) is 3.40. The fourth-order valence-corrected chi connectivity index (χ4v) is 1.12. The van der Waals surface area contributed by atoms with Crippen LogP contribution in [0.3, 0.4) is 0 Å². The zero-order chi connectivity index (χ0) is 10.1. The normalized spacial score (nSPS) is 18.7. The van der Waals surface area contributed by atoms with Gasteiger partial charge in [-0.25, -0.2) is 4.39 Å². The molecule has 0 aromatic heterocycles. The van der Waals surface area contributed by atoms with Crippen LogP contribution in [0.2, 0.25) is 0 Å². The molecule has 0 amide bonds. The fourth-order valence-electron chi connectivity index (χ4n) is 0.829. The Morgan fingerprint density at radius 1 is 1.23 bits per heavy atom. The number of halogens is 5. The Morgan fingerprint density at radius 2 is 1.85 bits per heavy atom. The van der Waals surface area contributed by atoms with E-state index in [1.165, 1.54) is 0 Å². The van der Waals surface area contributed by atoms with Crippen LogP contribution in [0.15, 0.2) is 34.1 Å². The van der Waals surface area contributed by atoms with E-state index in [-0.39, 0.29) is 10.9 Å². The lowest BCUT2D eigenvalue weighted by Crippen LogP contribution is -2.09. The van der Waals surface area contributed by atoms with Gasteiger partial charge in [0.1, 0.15) is 5.83 Å². The minimum absolute atomic E-state index is 0.0757. The Balaban J connectivity index is 2.93. The Bertz CT molecular complexity index is 296. The molecule has 0 N–H and O–H groups in total. The quantitative estimate of drug-likeness (QED) is 0.575. The summed E-state index contributed by atoms with van der Waals surface area (Å²) in [6, 6.07) is 0. The van der Waals surface area contributed by atoms with Gasteiger partial charge in [-0.15, -0.1) is 0 Å². The lowest BCUT2D eigenvalue weighted by atomic mass is 10.2. The van der Waals surface area contributed by atoms with E-state index < -0.39 is 17.6 Å². The van der Waals surface area contributed by atoms with Crippen molar-refractivity contribution >= 4 is 15.9 Å². The average Bonchev–Trinajstić information content (AvgIpc) is 2.14. The van der Waals surface area contributed by atoms with E-state index >= 15 is 0 Å². The van der Waals surface area contributed by atoms with Crippen LogP contribution >= 0.6 is 15.9 Å². The molecule has 0 aromatic carbocycles. The average molecular weight is 257 g/mol. The van der Waals surface area contributed by atoms with E-state index in [4.69, 9.17) is 0 Å². The summed E-state index contributed by atoms with van der Waals surface area (Å²) in [5, 5.41) is 0. The third-order valence-electron chi connectivity index (χ3n) is 1.50. The smallest absolute Gasteiger partial charge is 0.206 e. The van der Waals surface area contributed by atoms with Gasteiger partial charge < -0.3 is 0 Å². The molecule has 1 aliphatic carbocycles. The molecular formula is C8H5BrF4. The molecule has 1 rings (SSSR count). The van der Waals surface area contributed by atoms with Crippen molar-refractivity contribution in [2.24, 2.45) is 0 Å². The van der Waals surface area contributed by atoms with Crippen molar-refractivity contribution in [3.05, 3.63) is 34.1 Å². The third kappa shape index (κ3) is 2.69. The first-order valence-electron chi connectivity index (χ1n) is 3.41. The van der Waals surface area contributed by atoms with E-state index in [1.807, 2.05) is 0 Å². The van der Waals surface area contributed by atoms with E-state index in [9.17, 15) is 17.6 Å². The molecule has 0 aromatic rings. The maximum absolute atomic E-state index is 12.7. The highest BCUT2D eigenvalue weighted by Crippen LogP contribution is 2.31. The molecule has 0 aliphatic heterocycles. The highest BCUT2D eigenvalue weighted by molar-refractivity contribution is 9.11. The van der Waals surface area contributed by atoms with Gasteiger partial charge in [0.15, 0.2) is 0 Å². The van der Waals surface area contributed by atoms with Crippen molar-refractivity contribution in [2.45, 2.75) is 12.6 Å². The lowest BCUT2D eigenvalue weighted by Gasteiger charge is -2.05. The van der Waals surface area contributed by atoms with Crippen molar-refractivity contribution in [3.8, 4) is 0 Å². The van der Waals surface area contributed by atoms with Gasteiger partial charge in [0, 0.05) is 10.9 Å². The molecule has 13 heavy (non-hydrogen) atoms. The third-order valence-corrected chi connectivity index (χ3v) is 2.20. The summed E-state index contributed by atoms with van der Waals surface area (Å²) >= 11 is 2.84. The summed E-state index contributed by atoms with van der Waals surface area (Å²) in [6.45, 7) is 0. The van der Waals surface area contributed by atoms with Gasteiger partial charge >= 0.3 is 6.18 Å². The van der Waals surface area contributed by atoms with Crippen molar-refractivity contribution in [2.75, 3.05) is 0 Å². The predicted molar refractivity (Wildman–Crippen MR) is 45.0 cm³/mol. The SMILES string of the molecule is FC1=C(Br)CC=C(C(F)(F)F)C=C1. The van der Waals surface area contributed by atoms with Gasteiger partial charge in [-0.1, -0.05) is 22.0 Å². The standard InChI is InChI=1S/C8H5BrF4/c9-6-3-1-5(8(11,12)13)2-4-7(6)10/h1-2,4H,3H2. The van der Waals surface area contributed by atoms with Crippen LogP contribution < -0.4 is 0 Å². The molecule has 0 spiro atoms. The predicted octanol–water partition coefficient (Wildman–Crippen LogP) is 4.01. The fraction of sp³-hybridized carbons (Fsp3) is 0.250. The molecule has 5 heteroatoms. The summed E-state index contributed by atoms with van der Waals surface area (Å²) in [4.78, 5) is 0. The molecule has 0 atom stereocenters. The number of allylic oxidation sites excluding steroid dienone is 6. The zero-order valence-corrected chi connectivity index (χ0v) is 7.91. The molecule has 1 aliphatic rings. The van der Waals surface area contributed by atoms with Crippen LogP contribution in [0.4, 0.5) is 17.6 Å². The zero-order valence-electron chi connectivity index (χ0n) is 6.33. The topological polar surface area (TPSA) is 0 Å². The Hall–Kier alpha value is -0.580. The van der Waals surface area contributed by atoms with Crippen LogP contribution in [0.1, 0.15) is 6.42 Å². The van der Waals surface area contributed by atoms with Crippen molar-refractivity contribution < 1.29 is 17.6 Å². The first kappa shape index (κ1) is 10.5. The molecule has 0 unspecified atom stereocenters. The van der Waals surface area contributed by atoms with Gasteiger partial charge in [0.25, 0.3) is 0 Å². The number of hydrogen-bond acceptors (Lipinski definition) is 0. The van der Waals surface area contributed by atoms with E-state index in [2.05, 4.69) is 15.9 Å². The second kappa shape index (κ2) is 3.65. The lowest BCUT2D eigenvalue weighted by molar-refractivity contribution is -0.0883. The molecule has 0 heterocycles. The van der Waals surface area contributed by atoms with Crippen LogP contribution in [0, 0.1) is 0 Å². The van der Waals surface area contributed by atoms with Gasteiger partial charge in [0.2, 0.25) is 0 Å². The van der Waals surface area contributed by atoms with Crippen LogP contribution in [0.5, 0.6) is 0 Å². The van der Waals surface area contributed by atoms with E-state index in [0.717, 1.165) is 18.2 Å². The monoisotopic (exact) mass is 256 g/mol. The van der Waals surface area contributed by atoms with Gasteiger partial charge in [-0.3, -0.25) is 0 Å². The van der Waals surface area contributed by atoms with E-state index in [1.54, 1.807) is 0 Å². The molecule has 0 nitrogen and oxygen atoms in total. The van der Waals surface area contributed by atoms with Crippen molar-refractivity contribution in [1.82, 2.24) is 0 Å². The van der Waals surface area contributed by atoms with Crippen LogP contribution in [-0.2, 0) is 0 Å². The molecule has 0 saturated heterocycles. The largest absolute Gasteiger partial charge is 0.416 e. The van der Waals surface area contributed by atoms with Crippen LogP contribution in [-0.4, -0.2) is 6.18 Å². The Morgan fingerprint density at radius 3 is 2.38 bits per heavy atom. The van der Waals surface area contributed by atoms with Crippen molar-refractivity contribution in [3.63, 3.8) is 0 Å². The molecular weight excluding hydrogens is 252 g/mol. The maximum atomic E-state index is 12.7. The molecule has 0 saturated carbocycles. The summed E-state index contributed by atoms with van der Waals surface area (Å²) < 4.78 is 49.2. The number of rotatable bonds is 0. The highest BCUT2D eigenvalue weighted by Gasteiger charge is 2.32. The first-order chi connectivity index (χ1) is 5.91. The second-order valence-electron chi connectivity index (χ2n) is 2.45. The minimum atomic E-state index is -4.41. The summed E-state index contributed by atoms with van der Waals surface area (Å²) in [6.07, 6.45) is -2.02. The Kier molecular flexibility index (Phi) is 2.95.